The van der Waals surface area contributed by atoms with Crippen LogP contribution in [0, 0.1) is 11.7 Å². The Morgan fingerprint density at radius 2 is 1.87 bits per heavy atom. The van der Waals surface area contributed by atoms with Crippen LogP contribution in [0.2, 0.25) is 0 Å². The van der Waals surface area contributed by atoms with Crippen molar-refractivity contribution in [1.82, 2.24) is 9.55 Å². The highest BCUT2D eigenvalue weighted by molar-refractivity contribution is 7.71. The van der Waals surface area contributed by atoms with E-state index in [4.69, 9.17) is 21.7 Å². The molecule has 2 aromatic carbocycles. The molecule has 2 N–H and O–H groups in total. The van der Waals surface area contributed by atoms with Gasteiger partial charge in [-0.3, -0.25) is 14.6 Å². The Labute approximate surface area is 184 Å². The van der Waals surface area contributed by atoms with Crippen molar-refractivity contribution in [3.63, 3.8) is 0 Å². The van der Waals surface area contributed by atoms with Crippen molar-refractivity contribution in [2.24, 2.45) is 7.05 Å². The van der Waals surface area contributed by atoms with E-state index < -0.39 is 5.92 Å². The number of nitrogens with one attached hydrogen (secondary N) is 2. The van der Waals surface area contributed by atoms with E-state index >= 15 is 0 Å². The van der Waals surface area contributed by atoms with Crippen LogP contribution in [0.4, 0.5) is 5.82 Å². The Bertz CT molecular complexity index is 1260. The van der Waals surface area contributed by atoms with Gasteiger partial charge < -0.3 is 19.4 Å². The number of aryl methyl sites for hydroxylation is 1. The fourth-order valence-electron chi connectivity index (χ4n) is 3.73. The van der Waals surface area contributed by atoms with Crippen molar-refractivity contribution in [3.8, 4) is 11.5 Å². The molecule has 3 aromatic rings. The van der Waals surface area contributed by atoms with Crippen LogP contribution in [-0.4, -0.2) is 22.6 Å². The average molecular weight is 438 g/mol. The summed E-state index contributed by atoms with van der Waals surface area (Å²) in [6.45, 7) is 2.44. The predicted molar refractivity (Wildman–Crippen MR) is 120 cm³/mol. The van der Waals surface area contributed by atoms with E-state index in [1.54, 1.807) is 18.7 Å². The van der Waals surface area contributed by atoms with E-state index in [0.29, 0.717) is 29.5 Å². The molecule has 2 heterocycles. The fourth-order valence-corrected chi connectivity index (χ4v) is 3.92. The van der Waals surface area contributed by atoms with Crippen LogP contribution < -0.4 is 20.3 Å². The lowest BCUT2D eigenvalue weighted by molar-refractivity contribution is -0.116. The second-order valence-electron chi connectivity index (χ2n) is 7.57. The Hall–Kier alpha value is -3.39. The zero-order valence-corrected chi connectivity index (χ0v) is 18.3. The number of hydrogen-bond donors (Lipinski definition) is 2. The Morgan fingerprint density at radius 1 is 1.13 bits per heavy atom. The first kappa shape index (κ1) is 20.9. The topological polar surface area (TPSA) is 85.4 Å². The zero-order valence-electron chi connectivity index (χ0n) is 17.5. The Morgan fingerprint density at radius 3 is 2.58 bits per heavy atom. The summed E-state index contributed by atoms with van der Waals surface area (Å²) in [4.78, 5) is 27.7. The van der Waals surface area contributed by atoms with Crippen molar-refractivity contribution in [2.45, 2.75) is 25.9 Å². The number of methoxy groups -OCH3 is 1. The molecule has 0 spiro atoms. The number of aromatic nitrogens is 2. The van der Waals surface area contributed by atoms with Gasteiger partial charge in [0.2, 0.25) is 5.91 Å². The second-order valence-corrected chi connectivity index (χ2v) is 7.96. The molecule has 8 heteroatoms. The summed E-state index contributed by atoms with van der Waals surface area (Å²) in [6, 6.07) is 13.6. The number of hydrogen-bond acceptors (Lipinski definition) is 5. The first-order valence-electron chi connectivity index (χ1n) is 9.86. The number of rotatable bonds is 5. The van der Waals surface area contributed by atoms with Crippen molar-refractivity contribution < 1.29 is 14.3 Å². The molecular formula is C23H23N3O4S. The second kappa shape index (κ2) is 8.39. The number of anilines is 1. The molecule has 31 heavy (non-hydrogen) atoms. The molecular weight excluding hydrogens is 414 g/mol. The quantitative estimate of drug-likeness (QED) is 0.593. The molecule has 1 aliphatic rings. The normalized spacial score (nSPS) is 15.2. The number of fused-ring (bicyclic) bond motifs is 1. The first-order valence-corrected chi connectivity index (χ1v) is 10.3. The third-order valence-corrected chi connectivity index (χ3v) is 5.84. The Balaban J connectivity index is 1.68. The van der Waals surface area contributed by atoms with Crippen LogP contribution in [0.1, 0.15) is 34.6 Å². The van der Waals surface area contributed by atoms with Crippen LogP contribution in [0.25, 0.3) is 0 Å². The van der Waals surface area contributed by atoms with Crippen molar-refractivity contribution in [3.05, 3.63) is 79.8 Å². The van der Waals surface area contributed by atoms with Gasteiger partial charge in [0, 0.05) is 19.4 Å². The molecule has 0 bridgehead atoms. The molecule has 0 radical (unpaired) electrons. The van der Waals surface area contributed by atoms with Crippen LogP contribution in [-0.2, 0) is 18.4 Å². The highest BCUT2D eigenvalue weighted by Crippen LogP contribution is 2.38. The average Bonchev–Trinajstić information content (AvgIpc) is 2.76. The fraction of sp³-hybridized carbons (Fsp3) is 0.261. The number of H-pyrrole nitrogens is 1. The van der Waals surface area contributed by atoms with Gasteiger partial charge in [0.1, 0.15) is 12.4 Å². The lowest BCUT2D eigenvalue weighted by Gasteiger charge is -2.27. The minimum absolute atomic E-state index is 0.152. The van der Waals surface area contributed by atoms with Gasteiger partial charge in [-0.2, -0.15) is 0 Å². The summed E-state index contributed by atoms with van der Waals surface area (Å²) < 4.78 is 13.3. The lowest BCUT2D eigenvalue weighted by atomic mass is 9.86. The van der Waals surface area contributed by atoms with E-state index in [9.17, 15) is 9.59 Å². The maximum Gasteiger partial charge on any atom is 0.257 e. The highest BCUT2D eigenvalue weighted by Gasteiger charge is 2.31. The van der Waals surface area contributed by atoms with Crippen molar-refractivity contribution >= 4 is 23.9 Å². The van der Waals surface area contributed by atoms with E-state index in [1.165, 1.54) is 5.56 Å². The molecule has 1 aromatic heterocycles. The standard InChI is InChI=1S/C23H23N3O4S/c1-13-4-6-14(7-5-13)12-30-17-9-8-15(10-18(17)29-3)16-11-19(27)24-21-20(16)22(28)25-23(31)26(21)2/h4-10,16H,11-12H2,1-3H3,(H,24,27)(H,25,28,31). The molecule has 4 rings (SSSR count). The summed E-state index contributed by atoms with van der Waals surface area (Å²) in [5.74, 6) is 0.959. The van der Waals surface area contributed by atoms with Crippen molar-refractivity contribution in [1.29, 1.82) is 0 Å². The summed E-state index contributed by atoms with van der Waals surface area (Å²) in [6.07, 6.45) is 0.152. The van der Waals surface area contributed by atoms with Crippen LogP contribution >= 0.6 is 12.2 Å². The summed E-state index contributed by atoms with van der Waals surface area (Å²) in [7, 11) is 3.28. The summed E-state index contributed by atoms with van der Waals surface area (Å²) in [5.41, 5.74) is 3.20. The number of amides is 1. The Kier molecular flexibility index (Phi) is 5.65. The van der Waals surface area contributed by atoms with Crippen molar-refractivity contribution in [2.75, 3.05) is 12.4 Å². The van der Waals surface area contributed by atoms with Gasteiger partial charge >= 0.3 is 0 Å². The van der Waals surface area contributed by atoms with E-state index in [0.717, 1.165) is 11.1 Å². The van der Waals surface area contributed by atoms with Gasteiger partial charge in [0.15, 0.2) is 16.3 Å². The van der Waals surface area contributed by atoms with Gasteiger partial charge in [-0.25, -0.2) is 0 Å². The number of ether oxygens (including phenoxy) is 2. The molecule has 0 saturated heterocycles. The SMILES string of the molecule is COc1cc(C2CC(=O)Nc3c2c(=O)[nH]c(=S)n3C)ccc1OCc1ccc(C)cc1. The molecule has 1 aliphatic heterocycles. The van der Waals surface area contributed by atoms with Crippen LogP contribution in [0.15, 0.2) is 47.3 Å². The lowest BCUT2D eigenvalue weighted by Crippen LogP contribution is -2.33. The third kappa shape index (κ3) is 4.11. The summed E-state index contributed by atoms with van der Waals surface area (Å²) >= 11 is 5.17. The monoisotopic (exact) mass is 437 g/mol. The molecule has 1 atom stereocenters. The minimum atomic E-state index is -0.422. The zero-order chi connectivity index (χ0) is 22.1. The van der Waals surface area contributed by atoms with Gasteiger partial charge in [-0.05, 0) is 42.4 Å². The van der Waals surface area contributed by atoms with E-state index in [2.05, 4.69) is 10.3 Å². The number of benzene rings is 2. The highest BCUT2D eigenvalue weighted by atomic mass is 32.1. The number of carbonyl (C=O) groups is 1. The number of carbonyl (C=O) groups excluding carboxylic acids is 1. The van der Waals surface area contributed by atoms with E-state index in [1.807, 2.05) is 49.4 Å². The molecule has 1 amide bonds. The van der Waals surface area contributed by atoms with Crippen LogP contribution in [0.5, 0.6) is 11.5 Å². The third-order valence-electron chi connectivity index (χ3n) is 5.46. The maximum absolute atomic E-state index is 12.7. The largest absolute Gasteiger partial charge is 0.493 e. The molecule has 7 nitrogen and oxygen atoms in total. The van der Waals surface area contributed by atoms with E-state index in [-0.39, 0.29) is 22.7 Å². The smallest absolute Gasteiger partial charge is 0.257 e. The molecule has 0 aliphatic carbocycles. The molecule has 160 valence electrons. The van der Waals surface area contributed by atoms with Gasteiger partial charge in [0.05, 0.1) is 12.7 Å². The van der Waals surface area contributed by atoms with Crippen LogP contribution in [0.3, 0.4) is 0 Å². The number of nitrogens with zero attached hydrogens (tertiary/aromatic N) is 1. The predicted octanol–water partition coefficient (Wildman–Crippen LogP) is 3.81. The van der Waals surface area contributed by atoms with Gasteiger partial charge in [-0.1, -0.05) is 35.9 Å². The first-order chi connectivity index (χ1) is 14.9. The molecule has 0 fully saturated rings. The van der Waals surface area contributed by atoms with Gasteiger partial charge in [-0.15, -0.1) is 0 Å². The molecule has 1 unspecified atom stereocenters. The number of aromatic amines is 1. The van der Waals surface area contributed by atoms with Gasteiger partial charge in [0.25, 0.3) is 5.56 Å². The summed E-state index contributed by atoms with van der Waals surface area (Å²) in [5, 5.41) is 2.77. The maximum atomic E-state index is 12.7. The molecule has 0 saturated carbocycles. The minimum Gasteiger partial charge on any atom is -0.493 e.